The first-order valence-electron chi connectivity index (χ1n) is 6.05. The van der Waals surface area contributed by atoms with E-state index < -0.39 is 0 Å². The highest BCUT2D eigenvalue weighted by Crippen LogP contribution is 2.24. The van der Waals surface area contributed by atoms with Crippen molar-refractivity contribution < 1.29 is 4.74 Å². The molecule has 0 aromatic carbocycles. The molecule has 2 rings (SSSR count). The van der Waals surface area contributed by atoms with E-state index in [0.29, 0.717) is 24.1 Å². The first kappa shape index (κ1) is 11.8. The maximum atomic E-state index is 7.39. The van der Waals surface area contributed by atoms with Crippen LogP contribution in [0.2, 0.25) is 0 Å². The molecule has 1 aliphatic carbocycles. The molecule has 1 saturated carbocycles. The van der Waals surface area contributed by atoms with Gasteiger partial charge in [-0.1, -0.05) is 19.3 Å². The van der Waals surface area contributed by atoms with Crippen molar-refractivity contribution in [1.29, 1.82) is 5.41 Å². The van der Waals surface area contributed by atoms with E-state index in [9.17, 15) is 0 Å². The van der Waals surface area contributed by atoms with E-state index in [2.05, 4.69) is 9.97 Å². The molecule has 0 radical (unpaired) electrons. The molecule has 17 heavy (non-hydrogen) atoms. The van der Waals surface area contributed by atoms with Crippen molar-refractivity contribution >= 4 is 5.84 Å². The summed E-state index contributed by atoms with van der Waals surface area (Å²) in [5.74, 6) is 0.882. The molecule has 0 aliphatic heterocycles. The molecule has 1 aromatic heterocycles. The topological polar surface area (TPSA) is 84.9 Å². The van der Waals surface area contributed by atoms with Gasteiger partial charge >= 0.3 is 0 Å². The quantitative estimate of drug-likeness (QED) is 0.613. The smallest absolute Gasteiger partial charge is 0.243 e. The highest BCUT2D eigenvalue weighted by molar-refractivity contribution is 5.94. The Kier molecular flexibility index (Phi) is 3.90. The van der Waals surface area contributed by atoms with E-state index in [0.717, 1.165) is 0 Å². The fourth-order valence-corrected chi connectivity index (χ4v) is 2.17. The Labute approximate surface area is 101 Å². The van der Waals surface area contributed by atoms with Crippen LogP contribution in [0.1, 0.15) is 37.8 Å². The number of aromatic nitrogens is 2. The van der Waals surface area contributed by atoms with Gasteiger partial charge < -0.3 is 10.5 Å². The van der Waals surface area contributed by atoms with Crippen molar-refractivity contribution in [2.45, 2.75) is 32.1 Å². The van der Waals surface area contributed by atoms with Crippen LogP contribution >= 0.6 is 0 Å². The molecule has 5 heteroatoms. The monoisotopic (exact) mass is 234 g/mol. The second-order valence-electron chi connectivity index (χ2n) is 4.44. The van der Waals surface area contributed by atoms with Crippen LogP contribution in [0.5, 0.6) is 5.88 Å². The fraction of sp³-hybridized carbons (Fsp3) is 0.583. The minimum Gasteiger partial charge on any atom is -0.476 e. The van der Waals surface area contributed by atoms with Gasteiger partial charge in [-0.05, 0) is 18.8 Å². The first-order chi connectivity index (χ1) is 8.27. The van der Waals surface area contributed by atoms with Gasteiger partial charge in [0.2, 0.25) is 5.88 Å². The summed E-state index contributed by atoms with van der Waals surface area (Å²) in [5, 5.41) is 7.39. The summed E-state index contributed by atoms with van der Waals surface area (Å²) in [6, 6.07) is 0. The predicted molar refractivity (Wildman–Crippen MR) is 65.1 cm³/mol. The molecule has 1 heterocycles. The maximum Gasteiger partial charge on any atom is 0.243 e. The lowest BCUT2D eigenvalue weighted by molar-refractivity contribution is 0.202. The van der Waals surface area contributed by atoms with Crippen LogP contribution in [0, 0.1) is 11.3 Å². The minimum atomic E-state index is -0.100. The van der Waals surface area contributed by atoms with Gasteiger partial charge in [0.25, 0.3) is 0 Å². The number of nitrogens with zero attached hydrogens (tertiary/aromatic N) is 2. The zero-order valence-corrected chi connectivity index (χ0v) is 9.85. The van der Waals surface area contributed by atoms with Gasteiger partial charge in [-0.3, -0.25) is 5.41 Å². The van der Waals surface area contributed by atoms with Crippen molar-refractivity contribution in [3.05, 3.63) is 18.1 Å². The summed E-state index contributed by atoms with van der Waals surface area (Å²) < 4.78 is 5.64. The van der Waals surface area contributed by atoms with E-state index >= 15 is 0 Å². The number of rotatable bonds is 4. The summed E-state index contributed by atoms with van der Waals surface area (Å²) in [5.41, 5.74) is 5.76. The lowest BCUT2D eigenvalue weighted by Crippen LogP contribution is -2.19. The third-order valence-electron chi connectivity index (χ3n) is 3.10. The summed E-state index contributed by atoms with van der Waals surface area (Å²) >= 11 is 0. The fourth-order valence-electron chi connectivity index (χ4n) is 2.17. The Balaban J connectivity index is 1.96. The summed E-state index contributed by atoms with van der Waals surface area (Å²) in [4.78, 5) is 8.08. The van der Waals surface area contributed by atoms with Crippen molar-refractivity contribution in [1.82, 2.24) is 9.97 Å². The lowest BCUT2D eigenvalue weighted by Gasteiger charge is -2.21. The van der Waals surface area contributed by atoms with Gasteiger partial charge in [0.15, 0.2) is 5.69 Å². The molecule has 0 atom stereocenters. The molecule has 1 fully saturated rings. The molecule has 1 aromatic rings. The number of ether oxygens (including phenoxy) is 1. The van der Waals surface area contributed by atoms with Crippen LogP contribution in [0.15, 0.2) is 12.4 Å². The highest BCUT2D eigenvalue weighted by atomic mass is 16.5. The summed E-state index contributed by atoms with van der Waals surface area (Å²) in [6.07, 6.45) is 9.42. The molecule has 1 aliphatic rings. The third-order valence-corrected chi connectivity index (χ3v) is 3.10. The Morgan fingerprint density at radius 2 is 2.00 bits per heavy atom. The number of nitrogens with two attached hydrogens (primary N) is 1. The van der Waals surface area contributed by atoms with Crippen LogP contribution in [-0.2, 0) is 0 Å². The highest BCUT2D eigenvalue weighted by Gasteiger charge is 2.16. The predicted octanol–water partition coefficient (Wildman–Crippen LogP) is 1.72. The normalized spacial score (nSPS) is 16.7. The zero-order chi connectivity index (χ0) is 12.1. The second kappa shape index (κ2) is 5.61. The first-order valence-corrected chi connectivity index (χ1v) is 6.05. The molecule has 92 valence electrons. The van der Waals surface area contributed by atoms with E-state index in [4.69, 9.17) is 15.9 Å². The van der Waals surface area contributed by atoms with Gasteiger partial charge in [0.1, 0.15) is 5.84 Å². The van der Waals surface area contributed by atoms with Crippen LogP contribution in [0.25, 0.3) is 0 Å². The molecule has 3 N–H and O–H groups in total. The third kappa shape index (κ3) is 3.15. The number of nitrogen functional groups attached to an aromatic ring is 1. The van der Waals surface area contributed by atoms with Gasteiger partial charge in [-0.2, -0.15) is 0 Å². The van der Waals surface area contributed by atoms with Crippen LogP contribution in [-0.4, -0.2) is 22.4 Å². The van der Waals surface area contributed by atoms with E-state index in [1.807, 2.05) is 0 Å². The molecule has 0 spiro atoms. The number of hydrogen-bond donors (Lipinski definition) is 2. The Morgan fingerprint density at radius 1 is 1.29 bits per heavy atom. The van der Waals surface area contributed by atoms with Crippen molar-refractivity contribution in [3.63, 3.8) is 0 Å². The van der Waals surface area contributed by atoms with E-state index in [-0.39, 0.29) is 5.84 Å². The Morgan fingerprint density at radius 3 is 2.71 bits per heavy atom. The minimum absolute atomic E-state index is 0.100. The standard InChI is InChI=1S/C12H18N4O/c13-11(14)10-12(16-7-6-15-10)17-8-9-4-2-1-3-5-9/h6-7,9H,1-5,8H2,(H3,13,14). The van der Waals surface area contributed by atoms with Gasteiger partial charge in [-0.25, -0.2) is 9.97 Å². The largest absolute Gasteiger partial charge is 0.476 e. The van der Waals surface area contributed by atoms with E-state index in [1.165, 1.54) is 38.3 Å². The van der Waals surface area contributed by atoms with Crippen molar-refractivity contribution in [2.75, 3.05) is 6.61 Å². The zero-order valence-electron chi connectivity index (χ0n) is 9.85. The average Bonchev–Trinajstić information content (AvgIpc) is 2.38. The summed E-state index contributed by atoms with van der Waals surface area (Å²) in [7, 11) is 0. The molecule has 0 bridgehead atoms. The van der Waals surface area contributed by atoms with Crippen LogP contribution in [0.3, 0.4) is 0 Å². The van der Waals surface area contributed by atoms with Crippen LogP contribution in [0.4, 0.5) is 0 Å². The Hall–Kier alpha value is -1.65. The van der Waals surface area contributed by atoms with E-state index in [1.54, 1.807) is 6.20 Å². The average molecular weight is 234 g/mol. The SMILES string of the molecule is N=C(N)c1nccnc1OCC1CCCCC1. The van der Waals surface area contributed by atoms with Crippen molar-refractivity contribution in [3.8, 4) is 5.88 Å². The van der Waals surface area contributed by atoms with Gasteiger partial charge in [-0.15, -0.1) is 0 Å². The number of hydrogen-bond acceptors (Lipinski definition) is 4. The number of nitrogens with one attached hydrogen (secondary N) is 1. The molecule has 0 saturated heterocycles. The molecule has 5 nitrogen and oxygen atoms in total. The van der Waals surface area contributed by atoms with Gasteiger partial charge in [0.05, 0.1) is 6.61 Å². The lowest BCUT2D eigenvalue weighted by atomic mass is 9.90. The molecule has 0 unspecified atom stereocenters. The number of amidine groups is 1. The Bertz CT molecular complexity index is 388. The molecule has 0 amide bonds. The molecular weight excluding hydrogens is 216 g/mol. The molecular formula is C12H18N4O. The second-order valence-corrected chi connectivity index (χ2v) is 4.44. The van der Waals surface area contributed by atoms with Crippen molar-refractivity contribution in [2.24, 2.45) is 11.7 Å². The summed E-state index contributed by atoms with van der Waals surface area (Å²) in [6.45, 7) is 0.652. The van der Waals surface area contributed by atoms with Gasteiger partial charge in [0, 0.05) is 12.4 Å². The maximum absolute atomic E-state index is 7.39. The van der Waals surface area contributed by atoms with Crippen LogP contribution < -0.4 is 10.5 Å².